The van der Waals surface area contributed by atoms with E-state index >= 15 is 0 Å². The molecule has 0 atom stereocenters. The smallest absolute Gasteiger partial charge is 0.271 e. The number of nitrogen functional groups attached to an aromatic ring is 1. The predicted molar refractivity (Wildman–Crippen MR) is 60.5 cm³/mol. The highest BCUT2D eigenvalue weighted by atomic mass is 35.5. The van der Waals surface area contributed by atoms with Crippen molar-refractivity contribution in [3.05, 3.63) is 28.3 Å². The summed E-state index contributed by atoms with van der Waals surface area (Å²) in [6.45, 7) is 2.53. The highest BCUT2D eigenvalue weighted by Gasteiger charge is 2.08. The minimum absolute atomic E-state index is 0. The Balaban J connectivity index is 0.00000196. The molecule has 0 unspecified atom stereocenters. The second-order valence-corrected chi connectivity index (χ2v) is 2.83. The third-order valence-corrected chi connectivity index (χ3v) is 1.67. The standard InChI is InChI=1S/C9H12N2O3.ClH/c1-2-5-14-9-4-3-7(11(12)13)6-8(9)10;/h3-4,6H,2,5,10H2,1H3;1H. The van der Waals surface area contributed by atoms with Gasteiger partial charge in [0.05, 0.1) is 17.2 Å². The second-order valence-electron chi connectivity index (χ2n) is 2.83. The largest absolute Gasteiger partial charge is 0.491 e. The zero-order valence-corrected chi connectivity index (χ0v) is 9.12. The molecule has 0 radical (unpaired) electrons. The van der Waals surface area contributed by atoms with Gasteiger partial charge in [-0.05, 0) is 12.5 Å². The predicted octanol–water partition coefficient (Wildman–Crippen LogP) is 2.39. The maximum atomic E-state index is 10.4. The lowest BCUT2D eigenvalue weighted by molar-refractivity contribution is -0.384. The number of halogens is 1. The van der Waals surface area contributed by atoms with Crippen molar-refractivity contribution in [3.8, 4) is 5.75 Å². The fourth-order valence-electron chi connectivity index (χ4n) is 0.993. The van der Waals surface area contributed by atoms with Crippen LogP contribution in [0, 0.1) is 10.1 Å². The molecule has 0 aliphatic heterocycles. The molecule has 5 nitrogen and oxygen atoms in total. The van der Waals surface area contributed by atoms with Gasteiger partial charge in [0.15, 0.2) is 0 Å². The van der Waals surface area contributed by atoms with Crippen molar-refractivity contribution < 1.29 is 9.66 Å². The molecule has 0 saturated heterocycles. The number of hydrogen-bond acceptors (Lipinski definition) is 4. The molecule has 0 bridgehead atoms. The highest BCUT2D eigenvalue weighted by molar-refractivity contribution is 5.85. The maximum absolute atomic E-state index is 10.4. The Hall–Kier alpha value is -1.49. The summed E-state index contributed by atoms with van der Waals surface area (Å²) in [5.74, 6) is 0.498. The molecular formula is C9H13ClN2O3. The number of non-ortho nitro benzene ring substituents is 1. The quantitative estimate of drug-likeness (QED) is 0.491. The van der Waals surface area contributed by atoms with Crippen LogP contribution in [0.25, 0.3) is 0 Å². The number of ether oxygens (including phenoxy) is 1. The van der Waals surface area contributed by atoms with E-state index in [4.69, 9.17) is 10.5 Å². The molecule has 15 heavy (non-hydrogen) atoms. The van der Waals surface area contributed by atoms with Crippen LogP contribution >= 0.6 is 12.4 Å². The first-order chi connectivity index (χ1) is 6.65. The van der Waals surface area contributed by atoms with Gasteiger partial charge in [-0.25, -0.2) is 0 Å². The van der Waals surface area contributed by atoms with E-state index in [-0.39, 0.29) is 18.1 Å². The van der Waals surface area contributed by atoms with Crippen LogP contribution in [-0.4, -0.2) is 11.5 Å². The maximum Gasteiger partial charge on any atom is 0.271 e. The van der Waals surface area contributed by atoms with Crippen LogP contribution in [0.2, 0.25) is 0 Å². The van der Waals surface area contributed by atoms with Gasteiger partial charge in [-0.15, -0.1) is 12.4 Å². The molecule has 0 aliphatic rings. The number of anilines is 1. The number of nitro groups is 1. The van der Waals surface area contributed by atoms with Gasteiger partial charge in [0.1, 0.15) is 5.75 Å². The first kappa shape index (κ1) is 13.5. The summed E-state index contributed by atoms with van der Waals surface area (Å²) in [6.07, 6.45) is 0.871. The first-order valence-electron chi connectivity index (χ1n) is 4.32. The van der Waals surface area contributed by atoms with Crippen LogP contribution in [0.15, 0.2) is 18.2 Å². The van der Waals surface area contributed by atoms with E-state index in [1.165, 1.54) is 18.2 Å². The third kappa shape index (κ3) is 3.63. The molecule has 0 saturated carbocycles. The Bertz CT molecular complexity index is 344. The lowest BCUT2D eigenvalue weighted by Gasteiger charge is -2.06. The Morgan fingerprint density at radius 2 is 2.20 bits per heavy atom. The van der Waals surface area contributed by atoms with Crippen molar-refractivity contribution in [2.75, 3.05) is 12.3 Å². The Morgan fingerprint density at radius 3 is 2.67 bits per heavy atom. The van der Waals surface area contributed by atoms with E-state index in [0.717, 1.165) is 6.42 Å². The van der Waals surface area contributed by atoms with E-state index in [1.54, 1.807) is 0 Å². The zero-order chi connectivity index (χ0) is 10.6. The lowest BCUT2D eigenvalue weighted by Crippen LogP contribution is -1.99. The van der Waals surface area contributed by atoms with Crippen molar-refractivity contribution in [1.82, 2.24) is 0 Å². The number of benzene rings is 1. The summed E-state index contributed by atoms with van der Waals surface area (Å²) in [4.78, 5) is 9.90. The van der Waals surface area contributed by atoms with Crippen LogP contribution in [0.1, 0.15) is 13.3 Å². The van der Waals surface area contributed by atoms with Crippen molar-refractivity contribution in [1.29, 1.82) is 0 Å². The minimum atomic E-state index is -0.486. The van der Waals surface area contributed by atoms with Gasteiger partial charge in [-0.2, -0.15) is 0 Å². The number of nitro benzene ring substituents is 1. The van der Waals surface area contributed by atoms with E-state index < -0.39 is 4.92 Å². The van der Waals surface area contributed by atoms with Crippen LogP contribution in [-0.2, 0) is 0 Å². The molecule has 0 aliphatic carbocycles. The van der Waals surface area contributed by atoms with Gasteiger partial charge >= 0.3 is 0 Å². The van der Waals surface area contributed by atoms with E-state index in [1.807, 2.05) is 6.92 Å². The number of rotatable bonds is 4. The summed E-state index contributed by atoms with van der Waals surface area (Å²) in [5, 5.41) is 10.4. The normalized spacial score (nSPS) is 9.13. The van der Waals surface area contributed by atoms with Crippen LogP contribution in [0.4, 0.5) is 11.4 Å². The lowest BCUT2D eigenvalue weighted by atomic mass is 10.2. The summed E-state index contributed by atoms with van der Waals surface area (Å²) < 4.78 is 5.27. The molecule has 84 valence electrons. The topological polar surface area (TPSA) is 78.4 Å². The van der Waals surface area contributed by atoms with Crippen molar-refractivity contribution in [3.63, 3.8) is 0 Å². The number of nitrogens with two attached hydrogens (primary N) is 1. The SMILES string of the molecule is CCCOc1ccc([N+](=O)[O-])cc1N.Cl. The van der Waals surface area contributed by atoms with Gasteiger partial charge < -0.3 is 10.5 Å². The summed E-state index contributed by atoms with van der Waals surface area (Å²) in [6, 6.07) is 4.19. The molecule has 0 aromatic heterocycles. The Labute approximate surface area is 93.8 Å². The molecule has 0 spiro atoms. The first-order valence-corrected chi connectivity index (χ1v) is 4.32. The molecule has 0 fully saturated rings. The van der Waals surface area contributed by atoms with E-state index in [0.29, 0.717) is 18.0 Å². The summed E-state index contributed by atoms with van der Waals surface area (Å²) in [5.41, 5.74) is 5.85. The molecule has 0 heterocycles. The van der Waals surface area contributed by atoms with Gasteiger partial charge in [-0.3, -0.25) is 10.1 Å². The van der Waals surface area contributed by atoms with Crippen LogP contribution in [0.3, 0.4) is 0 Å². The summed E-state index contributed by atoms with van der Waals surface area (Å²) >= 11 is 0. The molecule has 1 aromatic carbocycles. The third-order valence-electron chi connectivity index (χ3n) is 1.67. The van der Waals surface area contributed by atoms with E-state index in [9.17, 15) is 10.1 Å². The van der Waals surface area contributed by atoms with Gasteiger partial charge in [0.2, 0.25) is 0 Å². The molecule has 6 heteroatoms. The number of hydrogen-bond donors (Lipinski definition) is 1. The molecule has 1 rings (SSSR count). The van der Waals surface area contributed by atoms with Crippen LogP contribution in [0.5, 0.6) is 5.75 Å². The average Bonchev–Trinajstić information content (AvgIpc) is 2.15. The zero-order valence-electron chi connectivity index (χ0n) is 8.30. The molecule has 2 N–H and O–H groups in total. The fourth-order valence-corrected chi connectivity index (χ4v) is 0.993. The highest BCUT2D eigenvalue weighted by Crippen LogP contribution is 2.26. The average molecular weight is 233 g/mol. The monoisotopic (exact) mass is 232 g/mol. The molecule has 1 aromatic rings. The fraction of sp³-hybridized carbons (Fsp3) is 0.333. The van der Waals surface area contributed by atoms with Crippen molar-refractivity contribution >= 4 is 23.8 Å². The summed E-state index contributed by atoms with van der Waals surface area (Å²) in [7, 11) is 0. The van der Waals surface area contributed by atoms with Gasteiger partial charge in [-0.1, -0.05) is 6.92 Å². The van der Waals surface area contributed by atoms with E-state index in [2.05, 4.69) is 0 Å². The second kappa shape index (κ2) is 6.08. The Kier molecular flexibility index (Phi) is 5.48. The Morgan fingerprint density at radius 1 is 1.53 bits per heavy atom. The van der Waals surface area contributed by atoms with Crippen LogP contribution < -0.4 is 10.5 Å². The minimum Gasteiger partial charge on any atom is -0.491 e. The van der Waals surface area contributed by atoms with Crippen molar-refractivity contribution in [2.45, 2.75) is 13.3 Å². The van der Waals surface area contributed by atoms with Gasteiger partial charge in [0.25, 0.3) is 5.69 Å². The molecular weight excluding hydrogens is 220 g/mol. The van der Waals surface area contributed by atoms with Gasteiger partial charge in [0, 0.05) is 12.1 Å². The molecule has 0 amide bonds. The van der Waals surface area contributed by atoms with Crippen molar-refractivity contribution in [2.24, 2.45) is 0 Å². The number of nitrogens with zero attached hydrogens (tertiary/aromatic N) is 1.